The molecule has 0 bridgehead atoms. The molecule has 0 spiro atoms. The predicted octanol–water partition coefficient (Wildman–Crippen LogP) is 4.19. The van der Waals surface area contributed by atoms with E-state index >= 15 is 0 Å². The molecule has 20 heavy (non-hydrogen) atoms. The molecule has 1 saturated carbocycles. The van der Waals surface area contributed by atoms with E-state index in [1.807, 2.05) is 18.2 Å². The maximum absolute atomic E-state index is 11.5. The molecule has 3 atom stereocenters. The first-order valence-electron chi connectivity index (χ1n) is 6.88. The molecular formula is C15H16BrNO3. The summed E-state index contributed by atoms with van der Waals surface area (Å²) >= 11 is 3.44. The standard InChI is InChI=1S/C15H16BrNO3/c1-2-8-6-9(10(7-8)15(18)19)14-17-12-5-3-4-11(16)13(12)20-14/h3-5,8-10H,2,6-7H2,1H3,(H,18,19). The maximum atomic E-state index is 11.5. The second kappa shape index (κ2) is 5.20. The number of carbonyl (C=O) groups is 1. The number of halogens is 1. The second-order valence-corrected chi connectivity index (χ2v) is 6.29. The monoisotopic (exact) mass is 337 g/mol. The fourth-order valence-corrected chi connectivity index (χ4v) is 3.55. The van der Waals surface area contributed by atoms with Crippen molar-refractivity contribution in [2.75, 3.05) is 0 Å². The molecule has 3 unspecified atom stereocenters. The first kappa shape index (κ1) is 13.6. The number of benzene rings is 1. The largest absolute Gasteiger partial charge is 0.481 e. The van der Waals surface area contributed by atoms with Crippen LogP contribution in [0.3, 0.4) is 0 Å². The van der Waals surface area contributed by atoms with Gasteiger partial charge in [0.25, 0.3) is 0 Å². The fourth-order valence-electron chi connectivity index (χ4n) is 3.11. The van der Waals surface area contributed by atoms with Crippen LogP contribution in [0.5, 0.6) is 0 Å². The third kappa shape index (κ3) is 2.24. The predicted molar refractivity (Wildman–Crippen MR) is 78.6 cm³/mol. The molecule has 5 heteroatoms. The number of hydrogen-bond donors (Lipinski definition) is 1. The summed E-state index contributed by atoms with van der Waals surface area (Å²) in [5.74, 6) is -0.231. The van der Waals surface area contributed by atoms with Crippen LogP contribution >= 0.6 is 15.9 Å². The lowest BCUT2D eigenvalue weighted by Gasteiger charge is -2.10. The molecule has 1 heterocycles. The highest BCUT2D eigenvalue weighted by Crippen LogP contribution is 2.45. The van der Waals surface area contributed by atoms with Gasteiger partial charge in [-0.2, -0.15) is 0 Å². The Hall–Kier alpha value is -1.36. The summed E-state index contributed by atoms with van der Waals surface area (Å²) in [6.07, 6.45) is 2.57. The Kier molecular flexibility index (Phi) is 3.54. The fraction of sp³-hybridized carbons (Fsp3) is 0.467. The van der Waals surface area contributed by atoms with Crippen LogP contribution in [0.1, 0.15) is 38.0 Å². The Morgan fingerprint density at radius 3 is 2.95 bits per heavy atom. The van der Waals surface area contributed by atoms with E-state index in [0.717, 1.165) is 29.3 Å². The molecule has 2 aromatic rings. The first-order chi connectivity index (χ1) is 9.60. The lowest BCUT2D eigenvalue weighted by molar-refractivity contribution is -0.142. The number of hydrogen-bond acceptors (Lipinski definition) is 3. The number of nitrogens with zero attached hydrogens (tertiary/aromatic N) is 1. The average molecular weight is 338 g/mol. The van der Waals surface area contributed by atoms with Crippen LogP contribution in [0.15, 0.2) is 27.1 Å². The third-order valence-corrected chi connectivity index (χ3v) is 4.88. The van der Waals surface area contributed by atoms with Gasteiger partial charge >= 0.3 is 5.97 Å². The van der Waals surface area contributed by atoms with Crippen molar-refractivity contribution in [1.29, 1.82) is 0 Å². The van der Waals surface area contributed by atoms with Crippen LogP contribution < -0.4 is 0 Å². The van der Waals surface area contributed by atoms with E-state index in [4.69, 9.17) is 4.42 Å². The lowest BCUT2D eigenvalue weighted by atomic mass is 9.96. The van der Waals surface area contributed by atoms with Gasteiger partial charge in [0, 0.05) is 5.92 Å². The number of para-hydroxylation sites is 1. The number of fused-ring (bicyclic) bond motifs is 1. The minimum atomic E-state index is -0.743. The van der Waals surface area contributed by atoms with Crippen molar-refractivity contribution in [2.24, 2.45) is 11.8 Å². The smallest absolute Gasteiger partial charge is 0.307 e. The number of oxazole rings is 1. The third-order valence-electron chi connectivity index (χ3n) is 4.26. The summed E-state index contributed by atoms with van der Waals surface area (Å²) < 4.78 is 6.69. The van der Waals surface area contributed by atoms with Crippen LogP contribution in [0, 0.1) is 11.8 Å². The Balaban J connectivity index is 2.00. The molecule has 0 aliphatic heterocycles. The number of carboxylic acid groups (broad SMARTS) is 1. The number of aliphatic carboxylic acids is 1. The van der Waals surface area contributed by atoms with Gasteiger partial charge in [-0.15, -0.1) is 0 Å². The van der Waals surface area contributed by atoms with Crippen LogP contribution in [0.4, 0.5) is 0 Å². The molecule has 1 aliphatic carbocycles. The van der Waals surface area contributed by atoms with Crippen molar-refractivity contribution in [3.8, 4) is 0 Å². The Morgan fingerprint density at radius 2 is 2.30 bits per heavy atom. The van der Waals surface area contributed by atoms with Gasteiger partial charge in [0.15, 0.2) is 11.5 Å². The van der Waals surface area contributed by atoms with Gasteiger partial charge in [-0.1, -0.05) is 19.4 Å². The van der Waals surface area contributed by atoms with E-state index in [-0.39, 0.29) is 11.8 Å². The van der Waals surface area contributed by atoms with Gasteiger partial charge in [0.1, 0.15) is 5.52 Å². The second-order valence-electron chi connectivity index (χ2n) is 5.44. The summed E-state index contributed by atoms with van der Waals surface area (Å²) in [6.45, 7) is 2.11. The molecule has 3 rings (SSSR count). The summed E-state index contributed by atoms with van der Waals surface area (Å²) in [5.41, 5.74) is 1.48. The zero-order chi connectivity index (χ0) is 14.3. The summed E-state index contributed by atoms with van der Waals surface area (Å²) in [5, 5.41) is 9.41. The van der Waals surface area contributed by atoms with E-state index in [2.05, 4.69) is 27.8 Å². The molecule has 1 fully saturated rings. The van der Waals surface area contributed by atoms with Crippen molar-refractivity contribution in [2.45, 2.75) is 32.1 Å². The van der Waals surface area contributed by atoms with Crippen LogP contribution in [-0.2, 0) is 4.79 Å². The van der Waals surface area contributed by atoms with Crippen molar-refractivity contribution < 1.29 is 14.3 Å². The summed E-state index contributed by atoms with van der Waals surface area (Å²) in [4.78, 5) is 15.9. The molecule has 0 radical (unpaired) electrons. The molecule has 1 aliphatic rings. The van der Waals surface area contributed by atoms with Crippen molar-refractivity contribution in [1.82, 2.24) is 4.98 Å². The van der Waals surface area contributed by atoms with Crippen LogP contribution in [0.2, 0.25) is 0 Å². The molecule has 106 valence electrons. The van der Waals surface area contributed by atoms with Gasteiger partial charge in [0.2, 0.25) is 0 Å². The van der Waals surface area contributed by atoms with E-state index in [1.54, 1.807) is 0 Å². The molecule has 4 nitrogen and oxygen atoms in total. The molecule has 1 aromatic carbocycles. The van der Waals surface area contributed by atoms with Crippen molar-refractivity contribution >= 4 is 33.0 Å². The van der Waals surface area contributed by atoms with E-state index in [9.17, 15) is 9.90 Å². The van der Waals surface area contributed by atoms with E-state index in [0.29, 0.717) is 17.4 Å². The van der Waals surface area contributed by atoms with E-state index < -0.39 is 5.97 Å². The highest BCUT2D eigenvalue weighted by molar-refractivity contribution is 9.10. The number of carboxylic acids is 1. The van der Waals surface area contributed by atoms with Crippen molar-refractivity contribution in [3.63, 3.8) is 0 Å². The van der Waals surface area contributed by atoms with Crippen molar-refractivity contribution in [3.05, 3.63) is 28.6 Å². The Morgan fingerprint density at radius 1 is 1.50 bits per heavy atom. The SMILES string of the molecule is CCC1CC(C(=O)O)C(c2nc3cccc(Br)c3o2)C1. The zero-order valence-electron chi connectivity index (χ0n) is 11.2. The molecule has 0 amide bonds. The van der Waals surface area contributed by atoms with Gasteiger partial charge < -0.3 is 9.52 Å². The topological polar surface area (TPSA) is 63.3 Å². The Bertz CT molecular complexity index is 652. The minimum Gasteiger partial charge on any atom is -0.481 e. The lowest BCUT2D eigenvalue weighted by Crippen LogP contribution is -2.17. The summed E-state index contributed by atoms with van der Waals surface area (Å²) in [7, 11) is 0. The molecule has 1 aromatic heterocycles. The minimum absolute atomic E-state index is 0.114. The van der Waals surface area contributed by atoms with Crippen LogP contribution in [-0.4, -0.2) is 16.1 Å². The zero-order valence-corrected chi connectivity index (χ0v) is 12.8. The highest BCUT2D eigenvalue weighted by atomic mass is 79.9. The van der Waals surface area contributed by atoms with Gasteiger partial charge in [-0.05, 0) is 46.8 Å². The number of rotatable bonds is 3. The van der Waals surface area contributed by atoms with Gasteiger partial charge in [0.05, 0.1) is 10.4 Å². The molecule has 0 saturated heterocycles. The molecular weight excluding hydrogens is 322 g/mol. The Labute approximate surface area is 125 Å². The quantitative estimate of drug-likeness (QED) is 0.911. The average Bonchev–Trinajstić information content (AvgIpc) is 3.02. The van der Waals surface area contributed by atoms with Crippen LogP contribution in [0.25, 0.3) is 11.1 Å². The first-order valence-corrected chi connectivity index (χ1v) is 7.67. The maximum Gasteiger partial charge on any atom is 0.307 e. The van der Waals surface area contributed by atoms with Gasteiger partial charge in [-0.25, -0.2) is 4.98 Å². The summed E-state index contributed by atoms with van der Waals surface area (Å²) in [6, 6.07) is 5.68. The normalized spacial score (nSPS) is 26.2. The van der Waals surface area contributed by atoms with Gasteiger partial charge in [-0.3, -0.25) is 4.79 Å². The highest BCUT2D eigenvalue weighted by Gasteiger charge is 2.41. The number of aromatic nitrogens is 1. The van der Waals surface area contributed by atoms with E-state index in [1.165, 1.54) is 0 Å². The molecule has 1 N–H and O–H groups in total.